The molecule has 0 saturated carbocycles. The Morgan fingerprint density at radius 3 is 1.32 bits per heavy atom. The lowest BCUT2D eigenvalue weighted by molar-refractivity contribution is -0.120. The van der Waals surface area contributed by atoms with Crippen LogP contribution in [0.4, 0.5) is 8.78 Å². The highest BCUT2D eigenvalue weighted by Gasteiger charge is 2.34. The third-order valence-corrected chi connectivity index (χ3v) is 7.54. The Labute approximate surface area is 233 Å². The Kier molecular flexibility index (Phi) is 8.28. The minimum atomic E-state index is -0.799. The minimum absolute atomic E-state index is 0.203. The molecule has 4 aromatic rings. The SMILES string of the molecule is O=C(C(c1ccc(F)cc1)c1cc(I)ccc1Cl)C(c1ccc(F)cc1)c1cc(I)ccc1Cl. The maximum atomic E-state index is 14.4. The van der Waals surface area contributed by atoms with E-state index in [2.05, 4.69) is 45.2 Å². The van der Waals surface area contributed by atoms with E-state index in [1.165, 1.54) is 24.3 Å². The molecule has 4 rings (SSSR count). The monoisotopic (exact) mass is 718 g/mol. The third kappa shape index (κ3) is 5.64. The van der Waals surface area contributed by atoms with Crippen molar-refractivity contribution in [3.05, 3.63) is 136 Å². The molecule has 2 atom stereocenters. The highest BCUT2D eigenvalue weighted by Crippen LogP contribution is 2.41. The zero-order chi connectivity index (χ0) is 24.4. The molecule has 0 N–H and O–H groups in total. The summed E-state index contributed by atoms with van der Waals surface area (Å²) in [6.07, 6.45) is 0. The molecular weight excluding hydrogens is 703 g/mol. The molecule has 0 aliphatic carbocycles. The Morgan fingerprint density at radius 1 is 0.618 bits per heavy atom. The lowest BCUT2D eigenvalue weighted by Gasteiger charge is -2.26. The van der Waals surface area contributed by atoms with Gasteiger partial charge in [-0.2, -0.15) is 0 Å². The fraction of sp³-hybridized carbons (Fsp3) is 0.0741. The second kappa shape index (κ2) is 11.0. The van der Waals surface area contributed by atoms with E-state index in [-0.39, 0.29) is 5.78 Å². The molecule has 34 heavy (non-hydrogen) atoms. The smallest absolute Gasteiger partial charge is 0.156 e. The van der Waals surface area contributed by atoms with Gasteiger partial charge in [0.15, 0.2) is 5.78 Å². The van der Waals surface area contributed by atoms with Gasteiger partial charge in [-0.15, -0.1) is 0 Å². The molecule has 0 aliphatic rings. The van der Waals surface area contributed by atoms with Crippen molar-refractivity contribution in [1.82, 2.24) is 0 Å². The van der Waals surface area contributed by atoms with Crippen LogP contribution in [0.2, 0.25) is 10.0 Å². The molecule has 0 aliphatic heterocycles. The van der Waals surface area contributed by atoms with Gasteiger partial charge in [0, 0.05) is 17.2 Å². The van der Waals surface area contributed by atoms with Gasteiger partial charge in [-0.05, 0) is 128 Å². The highest BCUT2D eigenvalue weighted by atomic mass is 127. The Hall–Kier alpha value is -1.55. The normalized spacial score (nSPS) is 12.9. The van der Waals surface area contributed by atoms with Crippen LogP contribution in [0.3, 0.4) is 0 Å². The van der Waals surface area contributed by atoms with Gasteiger partial charge in [0.05, 0.1) is 11.8 Å². The molecule has 1 nitrogen and oxygen atoms in total. The summed E-state index contributed by atoms with van der Waals surface area (Å²) in [5, 5.41) is 0.851. The van der Waals surface area contributed by atoms with Crippen molar-refractivity contribution < 1.29 is 13.6 Å². The summed E-state index contributed by atoms with van der Waals surface area (Å²) < 4.78 is 29.3. The average Bonchev–Trinajstić information content (AvgIpc) is 2.81. The van der Waals surface area contributed by atoms with Crippen LogP contribution < -0.4 is 0 Å². The van der Waals surface area contributed by atoms with Crippen molar-refractivity contribution in [2.45, 2.75) is 11.8 Å². The predicted octanol–water partition coefficient (Wildman–Crippen LogP) is 9.01. The predicted molar refractivity (Wildman–Crippen MR) is 150 cm³/mol. The zero-order valence-corrected chi connectivity index (χ0v) is 23.2. The molecule has 0 heterocycles. The van der Waals surface area contributed by atoms with Crippen molar-refractivity contribution in [1.29, 1.82) is 0 Å². The van der Waals surface area contributed by atoms with E-state index in [4.69, 9.17) is 23.2 Å². The van der Waals surface area contributed by atoms with Crippen molar-refractivity contribution in [3.63, 3.8) is 0 Å². The number of benzene rings is 4. The lowest BCUT2D eigenvalue weighted by atomic mass is 9.77. The first-order valence-electron chi connectivity index (χ1n) is 10.2. The van der Waals surface area contributed by atoms with Crippen LogP contribution in [0.25, 0.3) is 0 Å². The number of halogens is 6. The Balaban J connectivity index is 1.96. The maximum absolute atomic E-state index is 14.4. The molecule has 7 heteroatoms. The number of hydrogen-bond acceptors (Lipinski definition) is 1. The number of carbonyl (C=O) groups is 1. The van der Waals surface area contributed by atoms with Crippen LogP contribution in [0.5, 0.6) is 0 Å². The number of hydrogen-bond donors (Lipinski definition) is 0. The molecule has 0 radical (unpaired) electrons. The number of carbonyl (C=O) groups excluding carboxylic acids is 1. The van der Waals surface area contributed by atoms with E-state index in [1.54, 1.807) is 36.4 Å². The summed E-state index contributed by atoms with van der Waals surface area (Å²) in [7, 11) is 0. The van der Waals surface area contributed by atoms with E-state index in [1.807, 2.05) is 24.3 Å². The number of rotatable bonds is 6. The molecule has 0 amide bonds. The molecule has 0 aromatic heterocycles. The van der Waals surface area contributed by atoms with E-state index >= 15 is 0 Å². The summed E-state index contributed by atoms with van der Waals surface area (Å²) in [6.45, 7) is 0. The third-order valence-electron chi connectivity index (χ3n) is 5.51. The van der Waals surface area contributed by atoms with Gasteiger partial charge < -0.3 is 0 Å². The molecular formula is C27H16Cl2F2I2O. The second-order valence-corrected chi connectivity index (χ2v) is 11.0. The number of ketones is 1. The first-order valence-corrected chi connectivity index (χ1v) is 13.1. The van der Waals surface area contributed by atoms with E-state index in [9.17, 15) is 13.6 Å². The molecule has 0 spiro atoms. The minimum Gasteiger partial charge on any atom is -0.298 e. The van der Waals surface area contributed by atoms with Crippen molar-refractivity contribution >= 4 is 74.2 Å². The summed E-state index contributed by atoms with van der Waals surface area (Å²) >= 11 is 17.5. The first kappa shape index (κ1) is 25.5. The molecule has 0 saturated heterocycles. The van der Waals surface area contributed by atoms with Gasteiger partial charge in [-0.25, -0.2) is 8.78 Å². The molecule has 172 valence electrons. The van der Waals surface area contributed by atoms with Crippen molar-refractivity contribution in [3.8, 4) is 0 Å². The van der Waals surface area contributed by atoms with Gasteiger partial charge in [-0.3, -0.25) is 4.79 Å². The summed E-state index contributed by atoms with van der Waals surface area (Å²) in [4.78, 5) is 14.4. The lowest BCUT2D eigenvalue weighted by Crippen LogP contribution is -2.24. The van der Waals surface area contributed by atoms with E-state index in [0.717, 1.165) is 7.14 Å². The molecule has 0 fully saturated rings. The number of Topliss-reactive ketones (excluding diaryl/α,β-unsaturated/α-hetero) is 1. The van der Waals surface area contributed by atoms with Crippen LogP contribution in [0.15, 0.2) is 84.9 Å². The van der Waals surface area contributed by atoms with Gasteiger partial charge in [-0.1, -0.05) is 47.5 Å². The van der Waals surface area contributed by atoms with Crippen LogP contribution in [0.1, 0.15) is 34.1 Å². The maximum Gasteiger partial charge on any atom is 0.156 e. The van der Waals surface area contributed by atoms with Gasteiger partial charge in [0.2, 0.25) is 0 Å². The van der Waals surface area contributed by atoms with Crippen LogP contribution in [0, 0.1) is 18.8 Å². The standard InChI is InChI=1S/C27H16Cl2F2I2O/c28-23-11-9-19(32)13-21(23)25(15-1-5-17(30)6-2-15)27(34)26(16-3-7-18(31)8-4-16)22-14-20(33)10-12-24(22)29/h1-14,25-26H. The quantitative estimate of drug-likeness (QED) is 0.182. The Morgan fingerprint density at radius 2 is 0.971 bits per heavy atom. The van der Waals surface area contributed by atoms with Crippen LogP contribution >= 0.6 is 68.4 Å². The summed E-state index contributed by atoms with van der Waals surface area (Å²) in [5.41, 5.74) is 2.42. The van der Waals surface area contributed by atoms with Crippen molar-refractivity contribution in [2.24, 2.45) is 0 Å². The van der Waals surface area contributed by atoms with E-state index in [0.29, 0.717) is 32.3 Å². The van der Waals surface area contributed by atoms with Gasteiger partial charge in [0.25, 0.3) is 0 Å². The van der Waals surface area contributed by atoms with Gasteiger partial charge >= 0.3 is 0 Å². The van der Waals surface area contributed by atoms with Crippen LogP contribution in [-0.2, 0) is 4.79 Å². The second-order valence-electron chi connectivity index (χ2n) is 7.70. The summed E-state index contributed by atoms with van der Waals surface area (Å²) in [5.74, 6) is -2.61. The first-order chi connectivity index (χ1) is 16.2. The zero-order valence-electron chi connectivity index (χ0n) is 17.4. The van der Waals surface area contributed by atoms with Gasteiger partial charge in [0.1, 0.15) is 11.6 Å². The fourth-order valence-corrected chi connectivity index (χ4v) is 5.43. The molecule has 2 unspecified atom stereocenters. The molecule has 4 aromatic carbocycles. The van der Waals surface area contributed by atoms with Crippen molar-refractivity contribution in [2.75, 3.05) is 0 Å². The Bertz CT molecular complexity index is 1240. The topological polar surface area (TPSA) is 17.1 Å². The summed E-state index contributed by atoms with van der Waals surface area (Å²) in [6, 6.07) is 22.5. The van der Waals surface area contributed by atoms with E-state index < -0.39 is 23.5 Å². The average molecular weight is 719 g/mol. The molecule has 0 bridgehead atoms. The highest BCUT2D eigenvalue weighted by molar-refractivity contribution is 14.1. The van der Waals surface area contributed by atoms with Crippen LogP contribution in [-0.4, -0.2) is 5.78 Å². The largest absolute Gasteiger partial charge is 0.298 e. The fourth-order valence-electron chi connectivity index (χ4n) is 3.94.